The fourth-order valence-electron chi connectivity index (χ4n) is 2.40. The maximum absolute atomic E-state index is 11.9. The van der Waals surface area contributed by atoms with Crippen LogP contribution in [0, 0.1) is 13.8 Å². The molecule has 1 atom stereocenters. The molecule has 1 aromatic rings. The maximum atomic E-state index is 11.9. The molecule has 1 aliphatic rings. The molecule has 0 aliphatic carbocycles. The highest BCUT2D eigenvalue weighted by Crippen LogP contribution is 2.26. The van der Waals surface area contributed by atoms with Crippen molar-refractivity contribution < 1.29 is 14.3 Å². The van der Waals surface area contributed by atoms with E-state index in [2.05, 4.69) is 5.32 Å². The number of carbonyl (C=O) groups excluding carboxylic acids is 2. The minimum absolute atomic E-state index is 0.0456. The summed E-state index contributed by atoms with van der Waals surface area (Å²) in [5.74, 6) is 0.670. The molecule has 4 heteroatoms. The number of rotatable bonds is 3. The number of hydrogen-bond acceptors (Lipinski definition) is 3. The summed E-state index contributed by atoms with van der Waals surface area (Å²) in [6, 6.07) is 3.56. The number of hydrogen-bond donors (Lipinski definition) is 1. The average molecular weight is 261 g/mol. The van der Waals surface area contributed by atoms with Crippen LogP contribution in [0.5, 0.6) is 5.75 Å². The Morgan fingerprint density at radius 3 is 2.58 bits per heavy atom. The molecule has 0 spiro atoms. The summed E-state index contributed by atoms with van der Waals surface area (Å²) in [6.45, 7) is 4.51. The third-order valence-corrected chi connectivity index (χ3v) is 3.36. The molecule has 2 rings (SSSR count). The van der Waals surface area contributed by atoms with Crippen molar-refractivity contribution in [3.63, 3.8) is 0 Å². The van der Waals surface area contributed by atoms with Gasteiger partial charge in [-0.05, 0) is 56.4 Å². The Balaban J connectivity index is 2.22. The Bertz CT molecular complexity index is 473. The molecule has 102 valence electrons. The van der Waals surface area contributed by atoms with E-state index in [0.717, 1.165) is 43.2 Å². The van der Waals surface area contributed by atoms with Crippen LogP contribution < -0.4 is 10.1 Å². The van der Waals surface area contributed by atoms with Crippen molar-refractivity contribution in [3.8, 4) is 5.75 Å². The molecular formula is C15H19NO3. The number of aryl methyl sites for hydroxylation is 2. The van der Waals surface area contributed by atoms with E-state index in [9.17, 15) is 9.59 Å². The Morgan fingerprint density at radius 1 is 1.26 bits per heavy atom. The first-order valence-electron chi connectivity index (χ1n) is 6.62. The normalized spacial score (nSPS) is 19.5. The fraction of sp³-hybridized carbons (Fsp3) is 0.467. The lowest BCUT2D eigenvalue weighted by atomic mass is 10.1. The minimum atomic E-state index is -0.429. The first-order chi connectivity index (χ1) is 9.11. The van der Waals surface area contributed by atoms with Crippen LogP contribution in [0.25, 0.3) is 0 Å². The third kappa shape index (κ3) is 3.13. The molecule has 1 fully saturated rings. The molecule has 0 aromatic heterocycles. The van der Waals surface area contributed by atoms with E-state index in [1.807, 2.05) is 13.8 Å². The lowest BCUT2D eigenvalue weighted by Gasteiger charge is -2.19. The molecule has 1 unspecified atom stereocenters. The molecule has 1 aromatic carbocycles. The highest BCUT2D eigenvalue weighted by Gasteiger charge is 2.23. The molecular weight excluding hydrogens is 242 g/mol. The zero-order valence-corrected chi connectivity index (χ0v) is 11.4. The van der Waals surface area contributed by atoms with Crippen molar-refractivity contribution in [2.24, 2.45) is 0 Å². The van der Waals surface area contributed by atoms with Crippen LogP contribution in [0.2, 0.25) is 0 Å². The standard InChI is InChI=1S/C15H19NO3/c1-10-7-12(9-17)8-11(2)14(10)19-13-5-3-4-6-16-15(13)18/h7-9,13H,3-6H2,1-2H3,(H,16,18). The Morgan fingerprint density at radius 2 is 1.95 bits per heavy atom. The SMILES string of the molecule is Cc1cc(C=O)cc(C)c1OC1CCCCNC1=O. The van der Waals surface area contributed by atoms with Crippen LogP contribution in [0.3, 0.4) is 0 Å². The van der Waals surface area contributed by atoms with Crippen molar-refractivity contribution in [1.29, 1.82) is 0 Å². The van der Waals surface area contributed by atoms with Crippen LogP contribution in [-0.2, 0) is 4.79 Å². The van der Waals surface area contributed by atoms with E-state index in [0.29, 0.717) is 11.3 Å². The zero-order valence-electron chi connectivity index (χ0n) is 11.4. The van der Waals surface area contributed by atoms with Crippen LogP contribution in [0.4, 0.5) is 0 Å². The molecule has 0 radical (unpaired) electrons. The number of ether oxygens (including phenoxy) is 1. The van der Waals surface area contributed by atoms with Crippen molar-refractivity contribution in [2.75, 3.05) is 6.54 Å². The molecule has 1 heterocycles. The largest absolute Gasteiger partial charge is 0.480 e. The van der Waals surface area contributed by atoms with Gasteiger partial charge in [-0.1, -0.05) is 0 Å². The lowest BCUT2D eigenvalue weighted by molar-refractivity contribution is -0.127. The first-order valence-corrected chi connectivity index (χ1v) is 6.62. The molecule has 19 heavy (non-hydrogen) atoms. The highest BCUT2D eigenvalue weighted by atomic mass is 16.5. The van der Waals surface area contributed by atoms with E-state index in [1.54, 1.807) is 12.1 Å². The summed E-state index contributed by atoms with van der Waals surface area (Å²) in [4.78, 5) is 22.7. The molecule has 0 bridgehead atoms. The van der Waals surface area contributed by atoms with E-state index in [-0.39, 0.29) is 5.91 Å². The molecule has 4 nitrogen and oxygen atoms in total. The van der Waals surface area contributed by atoms with Crippen molar-refractivity contribution in [1.82, 2.24) is 5.32 Å². The monoisotopic (exact) mass is 261 g/mol. The van der Waals surface area contributed by atoms with Crippen molar-refractivity contribution >= 4 is 12.2 Å². The van der Waals surface area contributed by atoms with Gasteiger partial charge < -0.3 is 10.1 Å². The van der Waals surface area contributed by atoms with Gasteiger partial charge in [0.25, 0.3) is 5.91 Å². The second kappa shape index (κ2) is 5.87. The van der Waals surface area contributed by atoms with Gasteiger partial charge in [-0.25, -0.2) is 0 Å². The van der Waals surface area contributed by atoms with Crippen molar-refractivity contribution in [3.05, 3.63) is 28.8 Å². The van der Waals surface area contributed by atoms with Crippen molar-refractivity contribution in [2.45, 2.75) is 39.2 Å². The summed E-state index contributed by atoms with van der Waals surface area (Å²) in [5, 5.41) is 2.86. The summed E-state index contributed by atoms with van der Waals surface area (Å²) in [5.41, 5.74) is 2.41. The zero-order chi connectivity index (χ0) is 13.8. The molecule has 1 saturated heterocycles. The molecule has 1 N–H and O–H groups in total. The number of benzene rings is 1. The van der Waals surface area contributed by atoms with Gasteiger partial charge >= 0.3 is 0 Å². The van der Waals surface area contributed by atoms with Crippen LogP contribution in [0.1, 0.15) is 40.7 Å². The summed E-state index contributed by atoms with van der Waals surface area (Å²) in [6.07, 6.45) is 3.10. The summed E-state index contributed by atoms with van der Waals surface area (Å²) in [7, 11) is 0. The molecule has 1 amide bonds. The van der Waals surface area contributed by atoms with Crippen LogP contribution >= 0.6 is 0 Å². The average Bonchev–Trinajstić information content (AvgIpc) is 2.58. The minimum Gasteiger partial charge on any atom is -0.480 e. The lowest BCUT2D eigenvalue weighted by Crippen LogP contribution is -2.36. The highest BCUT2D eigenvalue weighted by molar-refractivity contribution is 5.81. The second-order valence-electron chi connectivity index (χ2n) is 4.99. The fourth-order valence-corrected chi connectivity index (χ4v) is 2.40. The van der Waals surface area contributed by atoms with Gasteiger partial charge in [0.05, 0.1) is 0 Å². The maximum Gasteiger partial charge on any atom is 0.261 e. The van der Waals surface area contributed by atoms with Gasteiger partial charge in [-0.15, -0.1) is 0 Å². The van der Waals surface area contributed by atoms with E-state index >= 15 is 0 Å². The number of aldehydes is 1. The van der Waals surface area contributed by atoms with E-state index in [1.165, 1.54) is 0 Å². The van der Waals surface area contributed by atoms with Gasteiger partial charge in [0, 0.05) is 12.1 Å². The summed E-state index contributed by atoms with van der Waals surface area (Å²) >= 11 is 0. The Hall–Kier alpha value is -1.84. The molecule has 0 saturated carbocycles. The number of amides is 1. The van der Waals surface area contributed by atoms with Gasteiger partial charge in [-0.3, -0.25) is 9.59 Å². The number of nitrogens with one attached hydrogen (secondary N) is 1. The Kier molecular flexibility index (Phi) is 4.20. The number of carbonyl (C=O) groups is 2. The van der Waals surface area contributed by atoms with E-state index in [4.69, 9.17) is 4.74 Å². The predicted molar refractivity (Wildman–Crippen MR) is 72.6 cm³/mol. The predicted octanol–water partition coefficient (Wildman–Crippen LogP) is 2.16. The van der Waals surface area contributed by atoms with Gasteiger partial charge in [-0.2, -0.15) is 0 Å². The molecule has 1 aliphatic heterocycles. The topological polar surface area (TPSA) is 55.4 Å². The summed E-state index contributed by atoms with van der Waals surface area (Å²) < 4.78 is 5.88. The smallest absolute Gasteiger partial charge is 0.261 e. The van der Waals surface area contributed by atoms with Crippen LogP contribution in [0.15, 0.2) is 12.1 Å². The van der Waals surface area contributed by atoms with Gasteiger partial charge in [0.2, 0.25) is 0 Å². The quantitative estimate of drug-likeness (QED) is 0.848. The third-order valence-electron chi connectivity index (χ3n) is 3.36. The first kappa shape index (κ1) is 13.6. The van der Waals surface area contributed by atoms with Gasteiger partial charge in [0.1, 0.15) is 12.0 Å². The second-order valence-corrected chi connectivity index (χ2v) is 4.99. The van der Waals surface area contributed by atoms with E-state index < -0.39 is 6.10 Å². The Labute approximate surface area is 113 Å². The van der Waals surface area contributed by atoms with Crippen LogP contribution in [-0.4, -0.2) is 24.8 Å². The van der Waals surface area contributed by atoms with Gasteiger partial charge in [0.15, 0.2) is 6.10 Å².